The van der Waals surface area contributed by atoms with Gasteiger partial charge >= 0.3 is 5.69 Å². The molecule has 6 heteroatoms. The molecule has 0 spiro atoms. The predicted molar refractivity (Wildman–Crippen MR) is 38.6 cm³/mol. The van der Waals surface area contributed by atoms with Gasteiger partial charge in [0.05, 0.1) is 6.61 Å². The lowest BCUT2D eigenvalue weighted by Crippen LogP contribution is -2.18. The Balaban J connectivity index is 3.12. The van der Waals surface area contributed by atoms with Gasteiger partial charge in [0.25, 0.3) is 0 Å². The molecule has 0 radical (unpaired) electrons. The van der Waals surface area contributed by atoms with E-state index in [0.29, 0.717) is 5.69 Å². The zero-order chi connectivity index (χ0) is 8.27. The van der Waals surface area contributed by atoms with E-state index in [2.05, 4.69) is 15.4 Å². The van der Waals surface area contributed by atoms with Crippen LogP contribution in [-0.2, 0) is 6.61 Å². The number of nitrogens with zero attached hydrogens (tertiary/aromatic N) is 1. The van der Waals surface area contributed by atoms with Gasteiger partial charge in [0.2, 0.25) is 0 Å². The molecule has 0 saturated carbocycles. The van der Waals surface area contributed by atoms with Gasteiger partial charge in [0.15, 0.2) is 0 Å². The number of aromatic nitrogens is 2. The zero-order valence-corrected chi connectivity index (χ0v) is 5.66. The van der Waals surface area contributed by atoms with Crippen molar-refractivity contribution in [3.63, 3.8) is 0 Å². The summed E-state index contributed by atoms with van der Waals surface area (Å²) in [6, 6.07) is 1.45. The van der Waals surface area contributed by atoms with Crippen molar-refractivity contribution in [3.05, 3.63) is 22.2 Å². The summed E-state index contributed by atoms with van der Waals surface area (Å²) in [6.45, 7) is -0.244. The number of aromatic amines is 1. The summed E-state index contributed by atoms with van der Waals surface area (Å²) in [5.74, 6) is 5.23. The van der Waals surface area contributed by atoms with Crippen molar-refractivity contribution in [1.29, 1.82) is 0 Å². The molecule has 0 saturated heterocycles. The fourth-order valence-corrected chi connectivity index (χ4v) is 0.667. The molecule has 0 aliphatic heterocycles. The molecule has 0 fully saturated rings. The van der Waals surface area contributed by atoms with Crippen LogP contribution in [0, 0.1) is 0 Å². The van der Waals surface area contributed by atoms with Crippen molar-refractivity contribution in [2.45, 2.75) is 6.61 Å². The normalized spacial score (nSPS) is 9.64. The Morgan fingerprint density at radius 1 is 1.82 bits per heavy atom. The molecule has 0 bridgehead atoms. The van der Waals surface area contributed by atoms with Gasteiger partial charge in [-0.1, -0.05) is 0 Å². The third kappa shape index (κ3) is 1.76. The Bertz CT molecular complexity index is 270. The molecule has 11 heavy (non-hydrogen) atoms. The molecular formula is C5H8N4O2. The first kappa shape index (κ1) is 7.70. The molecule has 60 valence electrons. The third-order valence-electron chi connectivity index (χ3n) is 1.12. The highest BCUT2D eigenvalue weighted by Gasteiger charge is 1.96. The van der Waals surface area contributed by atoms with Crippen LogP contribution in [0.5, 0.6) is 0 Å². The maximum absolute atomic E-state index is 10.7. The molecule has 1 rings (SSSR count). The number of nitrogen functional groups attached to an aromatic ring is 1. The van der Waals surface area contributed by atoms with Crippen LogP contribution in [0.15, 0.2) is 10.9 Å². The van der Waals surface area contributed by atoms with Crippen LogP contribution in [0.2, 0.25) is 0 Å². The number of H-pyrrole nitrogens is 1. The van der Waals surface area contributed by atoms with Crippen LogP contribution in [0.3, 0.4) is 0 Å². The quantitative estimate of drug-likeness (QED) is 0.309. The van der Waals surface area contributed by atoms with Gasteiger partial charge < -0.3 is 15.5 Å². The van der Waals surface area contributed by atoms with Crippen molar-refractivity contribution in [2.75, 3.05) is 5.43 Å². The van der Waals surface area contributed by atoms with Crippen LogP contribution < -0.4 is 17.0 Å². The topological polar surface area (TPSA) is 104 Å². The first-order valence-electron chi connectivity index (χ1n) is 2.94. The SMILES string of the molecule is NNc1cc(CO)[nH]c(=O)n1. The fraction of sp³-hybridized carbons (Fsp3) is 0.200. The lowest BCUT2D eigenvalue weighted by Gasteiger charge is -1.98. The van der Waals surface area contributed by atoms with Crippen LogP contribution in [0.25, 0.3) is 0 Å². The Kier molecular flexibility index (Phi) is 2.19. The van der Waals surface area contributed by atoms with E-state index in [1.165, 1.54) is 6.07 Å². The van der Waals surface area contributed by atoms with E-state index in [1.54, 1.807) is 0 Å². The van der Waals surface area contributed by atoms with Crippen LogP contribution in [0.1, 0.15) is 5.69 Å². The van der Waals surface area contributed by atoms with Crippen molar-refractivity contribution in [2.24, 2.45) is 5.84 Å². The average molecular weight is 156 g/mol. The second-order valence-corrected chi connectivity index (χ2v) is 1.90. The lowest BCUT2D eigenvalue weighted by molar-refractivity contribution is 0.276. The monoisotopic (exact) mass is 156 g/mol. The lowest BCUT2D eigenvalue weighted by atomic mass is 10.4. The van der Waals surface area contributed by atoms with Gasteiger partial charge in [-0.15, -0.1) is 0 Å². The number of hydrazine groups is 1. The molecule has 1 aromatic heterocycles. The summed E-state index contributed by atoms with van der Waals surface area (Å²) in [4.78, 5) is 16.4. The minimum absolute atomic E-state index is 0.234. The van der Waals surface area contributed by atoms with E-state index in [9.17, 15) is 4.79 Å². The molecule has 0 aliphatic rings. The number of nitrogens with two attached hydrogens (primary N) is 1. The average Bonchev–Trinajstić information content (AvgIpc) is 2.03. The van der Waals surface area contributed by atoms with Crippen molar-refractivity contribution in [1.82, 2.24) is 9.97 Å². The van der Waals surface area contributed by atoms with E-state index >= 15 is 0 Å². The number of rotatable bonds is 2. The summed E-state index contributed by atoms with van der Waals surface area (Å²) in [5, 5.41) is 8.62. The molecule has 0 aromatic carbocycles. The first-order chi connectivity index (χ1) is 5.26. The molecule has 0 aliphatic carbocycles. The number of aliphatic hydroxyl groups is 1. The maximum atomic E-state index is 10.7. The van der Waals surface area contributed by atoms with E-state index < -0.39 is 5.69 Å². The molecule has 0 amide bonds. The van der Waals surface area contributed by atoms with Crippen LogP contribution in [-0.4, -0.2) is 15.1 Å². The molecule has 1 heterocycles. The number of hydrogen-bond acceptors (Lipinski definition) is 5. The number of anilines is 1. The summed E-state index contributed by atoms with van der Waals surface area (Å²) in [5.41, 5.74) is 2.04. The van der Waals surface area contributed by atoms with Gasteiger partial charge in [-0.25, -0.2) is 10.6 Å². The Morgan fingerprint density at radius 2 is 2.55 bits per heavy atom. The van der Waals surface area contributed by atoms with Crippen molar-refractivity contribution in [3.8, 4) is 0 Å². The minimum Gasteiger partial charge on any atom is -0.390 e. The van der Waals surface area contributed by atoms with Gasteiger partial charge in [-0.05, 0) is 0 Å². The maximum Gasteiger partial charge on any atom is 0.347 e. The highest BCUT2D eigenvalue weighted by Crippen LogP contribution is 1.97. The molecular weight excluding hydrogens is 148 g/mol. The summed E-state index contributed by atoms with van der Waals surface area (Å²) < 4.78 is 0. The summed E-state index contributed by atoms with van der Waals surface area (Å²) in [7, 11) is 0. The molecule has 0 unspecified atom stereocenters. The highest BCUT2D eigenvalue weighted by atomic mass is 16.3. The van der Waals surface area contributed by atoms with Crippen LogP contribution >= 0.6 is 0 Å². The van der Waals surface area contributed by atoms with Gasteiger partial charge in [-0.2, -0.15) is 4.98 Å². The highest BCUT2D eigenvalue weighted by molar-refractivity contribution is 5.32. The summed E-state index contributed by atoms with van der Waals surface area (Å²) in [6.07, 6.45) is 0. The minimum atomic E-state index is -0.537. The van der Waals surface area contributed by atoms with Crippen molar-refractivity contribution >= 4 is 5.82 Å². The number of aliphatic hydroxyl groups excluding tert-OH is 1. The second-order valence-electron chi connectivity index (χ2n) is 1.90. The summed E-state index contributed by atoms with van der Waals surface area (Å²) >= 11 is 0. The van der Waals surface area contributed by atoms with Crippen molar-refractivity contribution < 1.29 is 5.11 Å². The van der Waals surface area contributed by atoms with Gasteiger partial charge in [0, 0.05) is 11.8 Å². The van der Waals surface area contributed by atoms with E-state index in [1.807, 2.05) is 0 Å². The largest absolute Gasteiger partial charge is 0.390 e. The standard InChI is InChI=1S/C5H8N4O2/c6-9-4-1-3(2-10)7-5(11)8-4/h1,10H,2,6H2,(H2,7,8,9,11). The smallest absolute Gasteiger partial charge is 0.347 e. The molecule has 1 aromatic rings. The number of nitrogens with one attached hydrogen (secondary N) is 2. The molecule has 6 nitrogen and oxygen atoms in total. The second kappa shape index (κ2) is 3.13. The van der Waals surface area contributed by atoms with Crippen LogP contribution in [0.4, 0.5) is 5.82 Å². The third-order valence-corrected chi connectivity index (χ3v) is 1.12. The Morgan fingerprint density at radius 3 is 3.09 bits per heavy atom. The zero-order valence-electron chi connectivity index (χ0n) is 5.66. The molecule has 0 atom stereocenters. The number of hydrogen-bond donors (Lipinski definition) is 4. The Labute approximate surface area is 62.1 Å². The van der Waals surface area contributed by atoms with E-state index in [-0.39, 0.29) is 12.4 Å². The van der Waals surface area contributed by atoms with E-state index in [4.69, 9.17) is 10.9 Å². The Hall–Kier alpha value is -1.40. The van der Waals surface area contributed by atoms with E-state index in [0.717, 1.165) is 0 Å². The van der Waals surface area contributed by atoms with Gasteiger partial charge in [-0.3, -0.25) is 0 Å². The van der Waals surface area contributed by atoms with Gasteiger partial charge in [0.1, 0.15) is 5.82 Å². The predicted octanol–water partition coefficient (Wildman–Crippen LogP) is -1.45. The fourth-order valence-electron chi connectivity index (χ4n) is 0.667. The molecule has 5 N–H and O–H groups in total. The first-order valence-corrected chi connectivity index (χ1v) is 2.94.